The van der Waals surface area contributed by atoms with Crippen molar-refractivity contribution in [1.29, 1.82) is 0 Å². The van der Waals surface area contributed by atoms with Crippen LogP contribution >= 0.6 is 0 Å². The zero-order valence-corrected chi connectivity index (χ0v) is 10.6. The molecule has 1 aromatic rings. The number of benzene rings is 1. The number of hydrogen-bond acceptors (Lipinski definition) is 4. The highest BCUT2D eigenvalue weighted by molar-refractivity contribution is 5.81. The summed E-state index contributed by atoms with van der Waals surface area (Å²) in [6, 6.07) is 5.27. The molecule has 1 heterocycles. The summed E-state index contributed by atoms with van der Waals surface area (Å²) < 4.78 is 16.5. The number of methoxy groups -OCH3 is 1. The first-order chi connectivity index (χ1) is 8.85. The molecule has 1 atom stereocenters. The fourth-order valence-electron chi connectivity index (χ4n) is 2.06. The molecule has 1 unspecified atom stereocenters. The topological polar surface area (TPSA) is 44.8 Å². The number of hydrogen-bond donors (Lipinski definition) is 0. The molecular formula is C14H18O4. The van der Waals surface area contributed by atoms with Gasteiger partial charge in [-0.25, -0.2) is 0 Å². The third-order valence-corrected chi connectivity index (χ3v) is 3.04. The largest absolute Gasteiger partial charge is 0.493 e. The summed E-state index contributed by atoms with van der Waals surface area (Å²) in [7, 11) is 1.56. The number of para-hydroxylation sites is 1. The second-order valence-corrected chi connectivity index (χ2v) is 4.30. The lowest BCUT2D eigenvalue weighted by atomic mass is 10.1. The first-order valence-electron chi connectivity index (χ1n) is 6.21. The third kappa shape index (κ3) is 3.01. The molecular weight excluding hydrogens is 232 g/mol. The Morgan fingerprint density at radius 1 is 1.44 bits per heavy atom. The van der Waals surface area contributed by atoms with Crippen LogP contribution in [0.2, 0.25) is 0 Å². The van der Waals surface area contributed by atoms with Gasteiger partial charge in [-0.05, 0) is 31.4 Å². The number of aldehydes is 1. The molecule has 2 rings (SSSR count). The van der Waals surface area contributed by atoms with Crippen LogP contribution in [0, 0.1) is 0 Å². The van der Waals surface area contributed by atoms with Crippen LogP contribution in [0.15, 0.2) is 18.2 Å². The van der Waals surface area contributed by atoms with E-state index >= 15 is 0 Å². The van der Waals surface area contributed by atoms with Crippen LogP contribution in [-0.2, 0) is 4.74 Å². The van der Waals surface area contributed by atoms with Gasteiger partial charge in [-0.2, -0.15) is 0 Å². The number of ether oxygens (including phenoxy) is 3. The summed E-state index contributed by atoms with van der Waals surface area (Å²) in [4.78, 5) is 11.0. The molecule has 0 N–H and O–H groups in total. The van der Waals surface area contributed by atoms with E-state index in [0.717, 1.165) is 25.7 Å². The van der Waals surface area contributed by atoms with Crippen molar-refractivity contribution >= 4 is 6.29 Å². The molecule has 0 spiro atoms. The van der Waals surface area contributed by atoms with Crippen molar-refractivity contribution in [2.24, 2.45) is 0 Å². The van der Waals surface area contributed by atoms with Gasteiger partial charge >= 0.3 is 0 Å². The highest BCUT2D eigenvalue weighted by Gasteiger charge is 2.17. The molecule has 1 aromatic carbocycles. The van der Waals surface area contributed by atoms with Gasteiger partial charge in [0.05, 0.1) is 18.8 Å². The fraction of sp³-hybridized carbons (Fsp3) is 0.500. The SMILES string of the molecule is COc1cccc(C=O)c1OCC1CCCCO1. The highest BCUT2D eigenvalue weighted by atomic mass is 16.5. The minimum atomic E-state index is 0.114. The maximum absolute atomic E-state index is 11.0. The van der Waals surface area contributed by atoms with E-state index in [1.54, 1.807) is 25.3 Å². The third-order valence-electron chi connectivity index (χ3n) is 3.04. The standard InChI is InChI=1S/C14H18O4/c1-16-13-7-4-5-11(9-15)14(13)18-10-12-6-2-3-8-17-12/h4-5,7,9,12H,2-3,6,8,10H2,1H3. The van der Waals surface area contributed by atoms with Crippen molar-refractivity contribution in [3.63, 3.8) is 0 Å². The van der Waals surface area contributed by atoms with E-state index in [1.165, 1.54) is 6.42 Å². The van der Waals surface area contributed by atoms with E-state index in [9.17, 15) is 4.79 Å². The Morgan fingerprint density at radius 3 is 3.00 bits per heavy atom. The summed E-state index contributed by atoms with van der Waals surface area (Å²) in [5, 5.41) is 0. The lowest BCUT2D eigenvalue weighted by Crippen LogP contribution is -2.26. The molecule has 98 valence electrons. The Morgan fingerprint density at radius 2 is 2.33 bits per heavy atom. The molecule has 4 heteroatoms. The van der Waals surface area contributed by atoms with E-state index in [1.807, 2.05) is 0 Å². The van der Waals surface area contributed by atoms with Crippen LogP contribution in [0.5, 0.6) is 11.5 Å². The zero-order chi connectivity index (χ0) is 12.8. The van der Waals surface area contributed by atoms with Crippen LogP contribution in [0.3, 0.4) is 0 Å². The minimum absolute atomic E-state index is 0.114. The van der Waals surface area contributed by atoms with Gasteiger partial charge in [0.1, 0.15) is 6.61 Å². The zero-order valence-electron chi connectivity index (χ0n) is 10.6. The summed E-state index contributed by atoms with van der Waals surface area (Å²) in [6.45, 7) is 1.25. The van der Waals surface area contributed by atoms with Gasteiger partial charge in [0, 0.05) is 6.61 Å². The minimum Gasteiger partial charge on any atom is -0.493 e. The average molecular weight is 250 g/mol. The van der Waals surface area contributed by atoms with Crippen molar-refractivity contribution in [3.8, 4) is 11.5 Å². The van der Waals surface area contributed by atoms with Crippen LogP contribution in [-0.4, -0.2) is 32.7 Å². The Hall–Kier alpha value is -1.55. The molecule has 0 saturated carbocycles. The normalized spacial score (nSPS) is 19.3. The number of rotatable bonds is 5. The molecule has 1 fully saturated rings. The van der Waals surface area contributed by atoms with Crippen molar-refractivity contribution in [1.82, 2.24) is 0 Å². The van der Waals surface area contributed by atoms with Crippen LogP contribution in [0.25, 0.3) is 0 Å². The molecule has 0 aliphatic carbocycles. The van der Waals surface area contributed by atoms with E-state index in [-0.39, 0.29) is 6.10 Å². The molecule has 0 aromatic heterocycles. The molecule has 0 bridgehead atoms. The first-order valence-corrected chi connectivity index (χ1v) is 6.21. The Balaban J connectivity index is 2.04. The Bertz CT molecular complexity index is 397. The Labute approximate surface area is 107 Å². The molecule has 1 aliphatic rings. The lowest BCUT2D eigenvalue weighted by Gasteiger charge is -2.23. The average Bonchev–Trinajstić information content (AvgIpc) is 2.45. The van der Waals surface area contributed by atoms with E-state index in [0.29, 0.717) is 23.7 Å². The van der Waals surface area contributed by atoms with Gasteiger partial charge in [-0.15, -0.1) is 0 Å². The van der Waals surface area contributed by atoms with Crippen molar-refractivity contribution in [2.75, 3.05) is 20.3 Å². The number of carbonyl (C=O) groups is 1. The van der Waals surface area contributed by atoms with Crippen molar-refractivity contribution in [2.45, 2.75) is 25.4 Å². The summed E-state index contributed by atoms with van der Waals surface area (Å²) >= 11 is 0. The molecule has 0 amide bonds. The summed E-state index contributed by atoms with van der Waals surface area (Å²) in [5.74, 6) is 1.08. The van der Waals surface area contributed by atoms with Crippen LogP contribution in [0.1, 0.15) is 29.6 Å². The maximum Gasteiger partial charge on any atom is 0.171 e. The van der Waals surface area contributed by atoms with E-state index in [4.69, 9.17) is 14.2 Å². The highest BCUT2D eigenvalue weighted by Crippen LogP contribution is 2.30. The number of carbonyl (C=O) groups excluding carboxylic acids is 1. The van der Waals surface area contributed by atoms with Gasteiger partial charge < -0.3 is 14.2 Å². The molecule has 4 nitrogen and oxygen atoms in total. The fourth-order valence-corrected chi connectivity index (χ4v) is 2.06. The maximum atomic E-state index is 11.0. The van der Waals surface area contributed by atoms with E-state index in [2.05, 4.69) is 0 Å². The monoisotopic (exact) mass is 250 g/mol. The van der Waals surface area contributed by atoms with Gasteiger partial charge in [-0.3, -0.25) is 4.79 Å². The smallest absolute Gasteiger partial charge is 0.171 e. The van der Waals surface area contributed by atoms with Gasteiger partial charge in [0.15, 0.2) is 17.8 Å². The van der Waals surface area contributed by atoms with E-state index < -0.39 is 0 Å². The predicted octanol–water partition coefficient (Wildman–Crippen LogP) is 2.46. The van der Waals surface area contributed by atoms with Crippen molar-refractivity contribution < 1.29 is 19.0 Å². The molecule has 18 heavy (non-hydrogen) atoms. The predicted molar refractivity (Wildman–Crippen MR) is 67.5 cm³/mol. The Kier molecular flexibility index (Phi) is 4.59. The van der Waals surface area contributed by atoms with Crippen molar-refractivity contribution in [3.05, 3.63) is 23.8 Å². The first kappa shape index (κ1) is 12.9. The second-order valence-electron chi connectivity index (χ2n) is 4.30. The quantitative estimate of drug-likeness (QED) is 0.753. The lowest BCUT2D eigenvalue weighted by molar-refractivity contribution is -0.0115. The molecule has 1 aliphatic heterocycles. The molecule has 0 radical (unpaired) electrons. The van der Waals surface area contributed by atoms with Crippen LogP contribution in [0.4, 0.5) is 0 Å². The summed E-state index contributed by atoms with van der Waals surface area (Å²) in [5.41, 5.74) is 0.505. The van der Waals surface area contributed by atoms with Gasteiger partial charge in [0.2, 0.25) is 0 Å². The van der Waals surface area contributed by atoms with Crippen LogP contribution < -0.4 is 9.47 Å². The summed E-state index contributed by atoms with van der Waals surface area (Å²) in [6.07, 6.45) is 4.18. The van der Waals surface area contributed by atoms with Gasteiger partial charge in [0.25, 0.3) is 0 Å². The van der Waals surface area contributed by atoms with Gasteiger partial charge in [-0.1, -0.05) is 6.07 Å². The second kappa shape index (κ2) is 6.40. The molecule has 1 saturated heterocycles.